The summed E-state index contributed by atoms with van der Waals surface area (Å²) in [7, 11) is 0. The van der Waals surface area contributed by atoms with E-state index in [9.17, 15) is 0 Å². The van der Waals surface area contributed by atoms with E-state index in [4.69, 9.17) is 16.3 Å². The van der Waals surface area contributed by atoms with Gasteiger partial charge in [0.05, 0.1) is 11.8 Å². The molecular weight excluding hydrogens is 276 g/mol. The van der Waals surface area contributed by atoms with Gasteiger partial charge >= 0.3 is 0 Å². The average molecular weight is 289 g/mol. The summed E-state index contributed by atoms with van der Waals surface area (Å²) in [4.78, 5) is 13.2. The Bertz CT molecular complexity index is 779. The fourth-order valence-electron chi connectivity index (χ4n) is 2.74. The Morgan fingerprint density at radius 1 is 1.25 bits per heavy atom. The van der Waals surface area contributed by atoms with E-state index in [-0.39, 0.29) is 6.23 Å². The summed E-state index contributed by atoms with van der Waals surface area (Å²) in [6.45, 7) is 0.786. The van der Waals surface area contributed by atoms with Crippen LogP contribution in [0.15, 0.2) is 24.7 Å². The lowest BCUT2D eigenvalue weighted by molar-refractivity contribution is -0.0294. The van der Waals surface area contributed by atoms with Crippen LogP contribution in [0, 0.1) is 0 Å². The SMILES string of the molecule is Clc1nc2cccnc2c2c1ncn2[C@H]1CCCCO1. The third kappa shape index (κ3) is 1.77. The van der Waals surface area contributed by atoms with Gasteiger partial charge in [-0.25, -0.2) is 9.97 Å². The number of hydrogen-bond acceptors (Lipinski definition) is 4. The first-order valence-corrected chi connectivity index (χ1v) is 7.11. The van der Waals surface area contributed by atoms with E-state index in [1.165, 1.54) is 0 Å². The molecule has 1 saturated heterocycles. The maximum atomic E-state index is 6.23. The summed E-state index contributed by atoms with van der Waals surface area (Å²) in [6.07, 6.45) is 6.81. The molecule has 0 N–H and O–H groups in total. The second-order valence-corrected chi connectivity index (χ2v) is 5.30. The summed E-state index contributed by atoms with van der Waals surface area (Å²) in [6, 6.07) is 3.77. The Morgan fingerprint density at radius 2 is 2.20 bits per heavy atom. The highest BCUT2D eigenvalue weighted by molar-refractivity contribution is 6.34. The molecule has 0 bridgehead atoms. The predicted octanol–water partition coefficient (Wildman–Crippen LogP) is 3.33. The van der Waals surface area contributed by atoms with Crippen molar-refractivity contribution in [2.45, 2.75) is 25.5 Å². The van der Waals surface area contributed by atoms with Crippen molar-refractivity contribution in [1.29, 1.82) is 0 Å². The van der Waals surface area contributed by atoms with Crippen LogP contribution < -0.4 is 0 Å². The molecular formula is C14H13ClN4O. The van der Waals surface area contributed by atoms with Crippen LogP contribution in [-0.4, -0.2) is 26.1 Å². The molecule has 0 saturated carbocycles. The van der Waals surface area contributed by atoms with Gasteiger partial charge in [0.1, 0.15) is 22.8 Å². The van der Waals surface area contributed by atoms with Crippen molar-refractivity contribution >= 4 is 33.7 Å². The Hall–Kier alpha value is -1.72. The van der Waals surface area contributed by atoms with Crippen molar-refractivity contribution in [2.24, 2.45) is 0 Å². The molecule has 0 spiro atoms. The van der Waals surface area contributed by atoms with Crippen LogP contribution in [0.5, 0.6) is 0 Å². The Labute approximate surface area is 120 Å². The van der Waals surface area contributed by atoms with Crippen LogP contribution in [0.3, 0.4) is 0 Å². The zero-order chi connectivity index (χ0) is 13.5. The molecule has 3 aromatic rings. The Balaban J connectivity index is 2.02. The van der Waals surface area contributed by atoms with Crippen LogP contribution in [-0.2, 0) is 4.74 Å². The number of rotatable bonds is 1. The van der Waals surface area contributed by atoms with Crippen molar-refractivity contribution in [1.82, 2.24) is 19.5 Å². The number of nitrogens with zero attached hydrogens (tertiary/aromatic N) is 4. The molecule has 5 nitrogen and oxygen atoms in total. The number of ether oxygens (including phenoxy) is 1. The summed E-state index contributed by atoms with van der Waals surface area (Å²) >= 11 is 6.23. The number of imidazole rings is 1. The molecule has 1 atom stereocenters. The van der Waals surface area contributed by atoms with Crippen LogP contribution in [0.2, 0.25) is 5.15 Å². The van der Waals surface area contributed by atoms with Gasteiger partial charge in [0.2, 0.25) is 0 Å². The highest BCUT2D eigenvalue weighted by atomic mass is 35.5. The zero-order valence-electron chi connectivity index (χ0n) is 10.8. The van der Waals surface area contributed by atoms with E-state index in [0.29, 0.717) is 10.7 Å². The highest BCUT2D eigenvalue weighted by Crippen LogP contribution is 2.32. The maximum absolute atomic E-state index is 6.23. The van der Waals surface area contributed by atoms with Crippen LogP contribution in [0.1, 0.15) is 25.5 Å². The van der Waals surface area contributed by atoms with E-state index in [1.807, 2.05) is 16.7 Å². The Morgan fingerprint density at radius 3 is 3.05 bits per heavy atom. The molecule has 0 radical (unpaired) electrons. The van der Waals surface area contributed by atoms with Gasteiger partial charge in [-0.1, -0.05) is 11.6 Å². The minimum absolute atomic E-state index is 0.0115. The van der Waals surface area contributed by atoms with Crippen molar-refractivity contribution in [2.75, 3.05) is 6.61 Å². The molecule has 1 fully saturated rings. The third-order valence-electron chi connectivity index (χ3n) is 3.68. The van der Waals surface area contributed by atoms with Crippen molar-refractivity contribution in [3.8, 4) is 0 Å². The van der Waals surface area contributed by atoms with Gasteiger partial charge in [0.25, 0.3) is 0 Å². The van der Waals surface area contributed by atoms with Gasteiger partial charge in [0, 0.05) is 12.8 Å². The summed E-state index contributed by atoms with van der Waals surface area (Å²) < 4.78 is 7.89. The van der Waals surface area contributed by atoms with Crippen LogP contribution in [0.4, 0.5) is 0 Å². The first-order valence-electron chi connectivity index (χ1n) is 6.73. The minimum atomic E-state index is 0.0115. The van der Waals surface area contributed by atoms with Gasteiger partial charge in [-0.2, -0.15) is 0 Å². The smallest absolute Gasteiger partial charge is 0.157 e. The van der Waals surface area contributed by atoms with Crippen molar-refractivity contribution < 1.29 is 4.74 Å². The fourth-order valence-corrected chi connectivity index (χ4v) is 2.97. The summed E-state index contributed by atoms with van der Waals surface area (Å²) in [5, 5.41) is 0.412. The van der Waals surface area contributed by atoms with E-state index in [2.05, 4.69) is 15.0 Å². The largest absolute Gasteiger partial charge is 0.358 e. The van der Waals surface area contributed by atoms with Crippen molar-refractivity contribution in [3.05, 3.63) is 29.8 Å². The number of aromatic nitrogens is 4. The molecule has 102 valence electrons. The normalized spacial score (nSPS) is 19.8. The number of pyridine rings is 2. The maximum Gasteiger partial charge on any atom is 0.157 e. The van der Waals surface area contributed by atoms with E-state index >= 15 is 0 Å². The second kappa shape index (κ2) is 4.68. The average Bonchev–Trinajstić information content (AvgIpc) is 2.94. The number of halogens is 1. The van der Waals surface area contributed by atoms with Gasteiger partial charge < -0.3 is 9.30 Å². The van der Waals surface area contributed by atoms with Crippen molar-refractivity contribution in [3.63, 3.8) is 0 Å². The molecule has 4 rings (SSSR count). The Kier molecular flexibility index (Phi) is 2.82. The molecule has 1 aliphatic rings. The first-order chi connectivity index (χ1) is 9.84. The topological polar surface area (TPSA) is 52.8 Å². The molecule has 20 heavy (non-hydrogen) atoms. The van der Waals surface area contributed by atoms with E-state index in [1.54, 1.807) is 12.5 Å². The quantitative estimate of drug-likeness (QED) is 0.645. The monoisotopic (exact) mass is 288 g/mol. The van der Waals surface area contributed by atoms with Crippen LogP contribution in [0.25, 0.3) is 22.1 Å². The first kappa shape index (κ1) is 12.1. The number of hydrogen-bond donors (Lipinski definition) is 0. The minimum Gasteiger partial charge on any atom is -0.358 e. The van der Waals surface area contributed by atoms with Gasteiger partial charge in [-0.3, -0.25) is 4.98 Å². The number of fused-ring (bicyclic) bond motifs is 3. The third-order valence-corrected chi connectivity index (χ3v) is 3.95. The summed E-state index contributed by atoms with van der Waals surface area (Å²) in [5.41, 5.74) is 3.20. The zero-order valence-corrected chi connectivity index (χ0v) is 11.5. The van der Waals surface area contributed by atoms with Gasteiger partial charge in [0.15, 0.2) is 5.15 Å². The predicted molar refractivity (Wildman–Crippen MR) is 76.7 cm³/mol. The molecule has 0 unspecified atom stereocenters. The lowest BCUT2D eigenvalue weighted by atomic mass is 10.2. The lowest BCUT2D eigenvalue weighted by Gasteiger charge is -2.24. The van der Waals surface area contributed by atoms with Gasteiger partial charge in [-0.05, 0) is 31.4 Å². The fraction of sp³-hybridized carbons (Fsp3) is 0.357. The molecule has 0 aromatic carbocycles. The lowest BCUT2D eigenvalue weighted by Crippen LogP contribution is -2.17. The van der Waals surface area contributed by atoms with E-state index in [0.717, 1.165) is 42.4 Å². The standard InChI is InChI=1S/C14H13ClN4O/c15-14-12-13(11-9(18-14)4-3-6-16-11)19(8-17-12)10-5-1-2-7-20-10/h3-4,6,8,10H,1-2,5,7H2/t10-/m1/s1. The van der Waals surface area contributed by atoms with E-state index < -0.39 is 0 Å². The molecule has 4 heterocycles. The van der Waals surface area contributed by atoms with Gasteiger partial charge in [-0.15, -0.1) is 0 Å². The molecule has 3 aromatic heterocycles. The highest BCUT2D eigenvalue weighted by Gasteiger charge is 2.21. The molecule has 6 heteroatoms. The molecule has 0 amide bonds. The summed E-state index contributed by atoms with van der Waals surface area (Å²) in [5.74, 6) is 0. The molecule has 0 aliphatic carbocycles. The molecule has 1 aliphatic heterocycles. The second-order valence-electron chi connectivity index (χ2n) is 4.94. The van der Waals surface area contributed by atoms with Crippen LogP contribution >= 0.6 is 11.6 Å².